The van der Waals surface area contributed by atoms with Crippen molar-refractivity contribution in [3.63, 3.8) is 0 Å². The topological polar surface area (TPSA) is 130 Å². The van der Waals surface area contributed by atoms with E-state index in [0.29, 0.717) is 19.3 Å². The monoisotopic (exact) mass is 566 g/mol. The number of fused-ring (bicyclic) bond motifs is 2. The molecule has 2 atom stereocenters. The van der Waals surface area contributed by atoms with Crippen LogP contribution in [0.5, 0.6) is 5.75 Å². The molecule has 6 rings (SSSR count). The number of nitrogens with zero attached hydrogens (tertiary/aromatic N) is 5. The van der Waals surface area contributed by atoms with Gasteiger partial charge in [-0.2, -0.15) is 9.40 Å². The van der Waals surface area contributed by atoms with Crippen molar-refractivity contribution >= 4 is 15.9 Å². The van der Waals surface area contributed by atoms with Crippen molar-refractivity contribution in [3.05, 3.63) is 60.7 Å². The number of aliphatic hydroxyl groups excluding tert-OH is 1. The van der Waals surface area contributed by atoms with Crippen molar-refractivity contribution in [2.75, 3.05) is 26.2 Å². The summed E-state index contributed by atoms with van der Waals surface area (Å²) in [5, 5.41) is 17.9. The van der Waals surface area contributed by atoms with Crippen LogP contribution in [-0.4, -0.2) is 87.3 Å². The van der Waals surface area contributed by atoms with E-state index >= 15 is 0 Å². The molecule has 3 aromatic rings. The van der Waals surface area contributed by atoms with Gasteiger partial charge in [0.05, 0.1) is 24.6 Å². The van der Waals surface area contributed by atoms with E-state index in [2.05, 4.69) is 20.3 Å². The number of likely N-dealkylation sites (tertiary alicyclic amines) is 1. The first kappa shape index (κ1) is 26.9. The molecule has 1 aromatic carbocycles. The molecule has 0 bridgehead atoms. The van der Waals surface area contributed by atoms with Crippen LogP contribution in [0.2, 0.25) is 0 Å². The van der Waals surface area contributed by atoms with Gasteiger partial charge in [-0.15, -0.1) is 0 Å². The SMILES string of the molecule is Cn1cc(-c2ccc3c(c2)OCCC2(CCN(Cc4ccccn4)CC2)NC(=O)[C@@H]2C[C@@H](O)CN2S3(=O)=O)cn1. The van der Waals surface area contributed by atoms with Crippen LogP contribution in [0.4, 0.5) is 0 Å². The molecule has 2 N–H and O–H groups in total. The standard InChI is InChI=1S/C28H34N6O5S/c1-32-17-21(16-30-32)20-5-6-26-25(14-20)39-13-9-28(7-11-33(12-8-28)18-22-4-2-3-10-29-22)31-27(36)24-15-23(35)19-34(24)40(26,37)38/h2-6,10,14,16-17,23-24,35H,7-9,11-13,15,18-19H2,1H3,(H,31,36)/t23-,24+/m1/s1. The summed E-state index contributed by atoms with van der Waals surface area (Å²) in [6.07, 6.45) is 6.40. The Bertz CT molecular complexity index is 1490. The predicted octanol–water partition coefficient (Wildman–Crippen LogP) is 1.54. The molecule has 40 heavy (non-hydrogen) atoms. The first-order valence-corrected chi connectivity index (χ1v) is 15.1. The van der Waals surface area contributed by atoms with Gasteiger partial charge in [0, 0.05) is 69.6 Å². The average Bonchev–Trinajstić information content (AvgIpc) is 3.56. The number of pyridine rings is 1. The lowest BCUT2D eigenvalue weighted by molar-refractivity contribution is -0.127. The summed E-state index contributed by atoms with van der Waals surface area (Å²) in [4.78, 5) is 20.4. The maximum atomic E-state index is 13.9. The molecule has 1 amide bonds. The summed E-state index contributed by atoms with van der Waals surface area (Å²) in [5.74, 6) is -0.132. The average molecular weight is 567 g/mol. The normalized spacial score (nSPS) is 24.9. The third kappa shape index (κ3) is 5.24. The highest BCUT2D eigenvalue weighted by Gasteiger charge is 2.47. The summed E-state index contributed by atoms with van der Waals surface area (Å²) in [6, 6.07) is 9.85. The zero-order valence-electron chi connectivity index (χ0n) is 22.4. The number of aromatic nitrogens is 3. The molecule has 5 heterocycles. The number of rotatable bonds is 3. The van der Waals surface area contributed by atoms with E-state index in [4.69, 9.17) is 4.74 Å². The first-order chi connectivity index (χ1) is 19.2. The lowest BCUT2D eigenvalue weighted by Crippen LogP contribution is -2.59. The molecular formula is C28H34N6O5S. The Morgan fingerprint density at radius 3 is 2.70 bits per heavy atom. The summed E-state index contributed by atoms with van der Waals surface area (Å²) in [6.45, 7) is 2.34. The van der Waals surface area contributed by atoms with Gasteiger partial charge in [-0.05, 0) is 42.7 Å². The van der Waals surface area contributed by atoms with Crippen LogP contribution in [0.3, 0.4) is 0 Å². The number of sulfonamides is 1. The molecule has 0 radical (unpaired) electrons. The minimum Gasteiger partial charge on any atom is -0.492 e. The number of piperidine rings is 1. The van der Waals surface area contributed by atoms with Gasteiger partial charge >= 0.3 is 0 Å². The fourth-order valence-corrected chi connectivity index (χ4v) is 7.75. The number of carbonyl (C=O) groups excluding carboxylic acids is 1. The number of carbonyl (C=O) groups is 1. The Hall–Kier alpha value is -3.32. The van der Waals surface area contributed by atoms with Crippen molar-refractivity contribution in [3.8, 4) is 16.9 Å². The number of ether oxygens (including phenoxy) is 1. The zero-order chi connectivity index (χ0) is 27.9. The quantitative estimate of drug-likeness (QED) is 0.489. The maximum absolute atomic E-state index is 13.9. The van der Waals surface area contributed by atoms with Gasteiger partial charge in [0.15, 0.2) is 0 Å². The van der Waals surface area contributed by atoms with Crippen molar-refractivity contribution < 1.29 is 23.1 Å². The number of hydrogen-bond donors (Lipinski definition) is 2. The molecule has 3 aliphatic heterocycles. The Kier molecular flexibility index (Phi) is 7.11. The third-order valence-corrected chi connectivity index (χ3v) is 10.2. The van der Waals surface area contributed by atoms with Gasteiger partial charge in [0.2, 0.25) is 15.9 Å². The van der Waals surface area contributed by atoms with Crippen molar-refractivity contribution in [1.29, 1.82) is 0 Å². The lowest BCUT2D eigenvalue weighted by atomic mass is 9.84. The number of aliphatic hydroxyl groups is 1. The van der Waals surface area contributed by atoms with E-state index in [1.165, 1.54) is 6.07 Å². The fourth-order valence-electron chi connectivity index (χ4n) is 6.00. The minimum absolute atomic E-state index is 0.00632. The zero-order valence-corrected chi connectivity index (χ0v) is 23.3. The summed E-state index contributed by atoms with van der Waals surface area (Å²) in [7, 11) is -2.31. The molecule has 2 saturated heterocycles. The molecule has 0 aliphatic carbocycles. The summed E-state index contributed by atoms with van der Waals surface area (Å²) >= 11 is 0. The second kappa shape index (κ2) is 10.6. The minimum atomic E-state index is -4.13. The van der Waals surface area contributed by atoms with Gasteiger partial charge in [-0.1, -0.05) is 12.1 Å². The highest BCUT2D eigenvalue weighted by Crippen LogP contribution is 2.37. The van der Waals surface area contributed by atoms with Crippen LogP contribution in [0, 0.1) is 0 Å². The van der Waals surface area contributed by atoms with Gasteiger partial charge in [0.1, 0.15) is 16.7 Å². The molecule has 11 nitrogen and oxygen atoms in total. The van der Waals surface area contributed by atoms with Crippen molar-refractivity contribution in [2.45, 2.75) is 54.8 Å². The summed E-state index contributed by atoms with van der Waals surface area (Å²) in [5.41, 5.74) is 2.06. The first-order valence-electron chi connectivity index (χ1n) is 13.6. The third-order valence-electron chi connectivity index (χ3n) is 8.26. The van der Waals surface area contributed by atoms with E-state index in [1.807, 2.05) is 31.4 Å². The Morgan fingerprint density at radius 1 is 1.15 bits per heavy atom. The van der Waals surface area contributed by atoms with E-state index in [9.17, 15) is 18.3 Å². The molecular weight excluding hydrogens is 532 g/mol. The number of aryl methyl sites for hydroxylation is 1. The largest absolute Gasteiger partial charge is 0.492 e. The highest BCUT2D eigenvalue weighted by molar-refractivity contribution is 7.89. The number of hydrogen-bond acceptors (Lipinski definition) is 8. The molecule has 3 aliphatic rings. The van der Waals surface area contributed by atoms with Gasteiger partial charge in [-0.25, -0.2) is 8.42 Å². The lowest BCUT2D eigenvalue weighted by Gasteiger charge is -2.43. The Morgan fingerprint density at radius 2 is 1.98 bits per heavy atom. The van der Waals surface area contributed by atoms with Crippen LogP contribution < -0.4 is 10.1 Å². The van der Waals surface area contributed by atoms with Crippen LogP contribution in [-0.2, 0) is 28.4 Å². The molecule has 0 saturated carbocycles. The Balaban J connectivity index is 1.31. The molecule has 1 spiro atoms. The van der Waals surface area contributed by atoms with Crippen LogP contribution in [0.15, 0.2) is 59.9 Å². The number of benzene rings is 1. The van der Waals surface area contributed by atoms with E-state index in [0.717, 1.165) is 40.8 Å². The van der Waals surface area contributed by atoms with Gasteiger partial charge in [-0.3, -0.25) is 19.4 Å². The molecule has 2 aromatic heterocycles. The summed E-state index contributed by atoms with van der Waals surface area (Å²) < 4.78 is 36.8. The van der Waals surface area contributed by atoms with Gasteiger partial charge < -0.3 is 15.2 Å². The highest BCUT2D eigenvalue weighted by atomic mass is 32.2. The second-order valence-corrected chi connectivity index (χ2v) is 12.9. The number of nitrogens with one attached hydrogen (secondary N) is 1. The van der Waals surface area contributed by atoms with Crippen molar-refractivity contribution in [1.82, 2.24) is 29.3 Å². The number of amides is 1. The fraction of sp³-hybridized carbons (Fsp3) is 0.464. The smallest absolute Gasteiger partial charge is 0.247 e. The van der Waals surface area contributed by atoms with E-state index in [-0.39, 0.29) is 36.1 Å². The van der Waals surface area contributed by atoms with Crippen LogP contribution >= 0.6 is 0 Å². The van der Waals surface area contributed by atoms with Gasteiger partial charge in [0.25, 0.3) is 0 Å². The van der Waals surface area contributed by atoms with E-state index < -0.39 is 27.7 Å². The van der Waals surface area contributed by atoms with E-state index in [1.54, 1.807) is 29.2 Å². The Labute approximate surface area is 233 Å². The maximum Gasteiger partial charge on any atom is 0.247 e. The second-order valence-electron chi connectivity index (χ2n) is 11.0. The molecule has 0 unspecified atom stereocenters. The molecule has 12 heteroatoms. The van der Waals surface area contributed by atoms with Crippen LogP contribution in [0.25, 0.3) is 11.1 Å². The van der Waals surface area contributed by atoms with Crippen molar-refractivity contribution in [2.24, 2.45) is 7.05 Å². The van der Waals surface area contributed by atoms with Crippen LogP contribution in [0.1, 0.15) is 31.4 Å². The predicted molar refractivity (Wildman–Crippen MR) is 147 cm³/mol. The molecule has 2 fully saturated rings. The molecule has 212 valence electrons.